The Labute approximate surface area is 215 Å². The Morgan fingerprint density at radius 2 is 1.89 bits per heavy atom. The number of nitrogens with zero attached hydrogens (tertiary/aromatic N) is 3. The lowest BCUT2D eigenvalue weighted by Gasteiger charge is -2.39. The maximum Gasteiger partial charge on any atom is 0.246 e. The number of hydrogen-bond acceptors (Lipinski definition) is 5. The first-order valence-corrected chi connectivity index (χ1v) is 11.9. The molecule has 1 aliphatic heterocycles. The zero-order valence-electron chi connectivity index (χ0n) is 21.1. The summed E-state index contributed by atoms with van der Waals surface area (Å²) in [5, 5.41) is 11.0. The molecule has 6 nitrogen and oxygen atoms in total. The van der Waals surface area contributed by atoms with Gasteiger partial charge in [-0.05, 0) is 50.1 Å². The van der Waals surface area contributed by atoms with Crippen LogP contribution in [0.4, 0.5) is 5.69 Å². The Hall–Kier alpha value is -3.29. The van der Waals surface area contributed by atoms with Gasteiger partial charge in [-0.3, -0.25) is 9.69 Å². The molecule has 0 aromatic heterocycles. The molecule has 2 aromatic carbocycles. The van der Waals surface area contributed by atoms with Crippen molar-refractivity contribution in [1.29, 1.82) is 5.26 Å². The average molecular weight is 494 g/mol. The summed E-state index contributed by atoms with van der Waals surface area (Å²) in [6, 6.07) is 16.1. The van der Waals surface area contributed by atoms with E-state index in [0.29, 0.717) is 11.7 Å². The summed E-state index contributed by atoms with van der Waals surface area (Å²) in [7, 11) is 0. The normalized spacial score (nSPS) is 15.1. The minimum atomic E-state index is 0.0288. The molecule has 35 heavy (non-hydrogen) atoms. The largest absolute Gasteiger partial charge is 0.372 e. The molecule has 1 aliphatic rings. The molecule has 0 bridgehead atoms. The Bertz CT molecular complexity index is 1020. The van der Waals surface area contributed by atoms with E-state index in [-0.39, 0.29) is 11.9 Å². The molecule has 1 amide bonds. The lowest BCUT2D eigenvalue weighted by Crippen LogP contribution is -2.53. The molecule has 1 saturated heterocycles. The summed E-state index contributed by atoms with van der Waals surface area (Å²) < 4.78 is 0. The fourth-order valence-electron chi connectivity index (χ4n) is 3.65. The van der Waals surface area contributed by atoms with Crippen molar-refractivity contribution in [2.24, 2.45) is 5.73 Å². The monoisotopic (exact) mass is 493 g/mol. The van der Waals surface area contributed by atoms with Crippen LogP contribution < -0.4 is 11.1 Å². The van der Waals surface area contributed by atoms with Gasteiger partial charge in [-0.15, -0.1) is 12.3 Å². The molecule has 186 valence electrons. The van der Waals surface area contributed by atoms with E-state index in [1.54, 1.807) is 25.1 Å². The van der Waals surface area contributed by atoms with Gasteiger partial charge in [0, 0.05) is 55.9 Å². The second-order valence-electron chi connectivity index (χ2n) is 8.06. The molecule has 7 heteroatoms. The van der Waals surface area contributed by atoms with Crippen molar-refractivity contribution >= 4 is 29.3 Å². The number of carbonyl (C=O) groups excluding carboxylic acids is 1. The van der Waals surface area contributed by atoms with Gasteiger partial charge in [-0.1, -0.05) is 47.5 Å². The number of anilines is 1. The van der Waals surface area contributed by atoms with Crippen molar-refractivity contribution in [3.63, 3.8) is 0 Å². The molecule has 0 radical (unpaired) electrons. The Kier molecular flexibility index (Phi) is 13.9. The van der Waals surface area contributed by atoms with Crippen LogP contribution in [0.15, 0.2) is 48.5 Å². The van der Waals surface area contributed by atoms with Crippen LogP contribution in [0.25, 0.3) is 6.08 Å². The summed E-state index contributed by atoms with van der Waals surface area (Å²) in [5.41, 5.74) is 9.88. The van der Waals surface area contributed by atoms with Gasteiger partial charge in [0.25, 0.3) is 0 Å². The topological polar surface area (TPSA) is 85.4 Å². The maximum absolute atomic E-state index is 12.8. The number of halogens is 1. The highest BCUT2D eigenvalue weighted by molar-refractivity contribution is 6.31. The quantitative estimate of drug-likeness (QED) is 0.340. The van der Waals surface area contributed by atoms with E-state index >= 15 is 0 Å². The van der Waals surface area contributed by atoms with E-state index in [9.17, 15) is 4.79 Å². The molecular formula is C28H36ClN5O. The van der Waals surface area contributed by atoms with Crippen molar-refractivity contribution in [2.75, 3.05) is 31.6 Å². The van der Waals surface area contributed by atoms with Crippen molar-refractivity contribution < 1.29 is 4.79 Å². The van der Waals surface area contributed by atoms with E-state index in [2.05, 4.69) is 60.7 Å². The van der Waals surface area contributed by atoms with Gasteiger partial charge in [-0.2, -0.15) is 5.26 Å². The van der Waals surface area contributed by atoms with Gasteiger partial charge in [-0.25, -0.2) is 0 Å². The molecule has 3 N–H and O–H groups in total. The van der Waals surface area contributed by atoms with Crippen molar-refractivity contribution in [1.82, 2.24) is 9.80 Å². The fraction of sp³-hybridized carbons (Fsp3) is 0.357. The third-order valence-electron chi connectivity index (χ3n) is 5.23. The van der Waals surface area contributed by atoms with E-state index in [1.165, 1.54) is 18.1 Å². The van der Waals surface area contributed by atoms with Crippen LogP contribution >= 0.6 is 11.6 Å². The van der Waals surface area contributed by atoms with Crippen molar-refractivity contribution in [3.05, 3.63) is 70.3 Å². The van der Waals surface area contributed by atoms with Crippen molar-refractivity contribution in [3.8, 4) is 18.4 Å². The molecule has 0 aliphatic carbocycles. The summed E-state index contributed by atoms with van der Waals surface area (Å²) >= 11 is 6.05. The van der Waals surface area contributed by atoms with Crippen LogP contribution in [0.5, 0.6) is 0 Å². The first kappa shape index (κ1) is 29.7. The zero-order valence-corrected chi connectivity index (χ0v) is 21.8. The number of piperazine rings is 1. The van der Waals surface area contributed by atoms with E-state index in [0.717, 1.165) is 37.4 Å². The predicted octanol–water partition coefficient (Wildman–Crippen LogP) is 4.89. The van der Waals surface area contributed by atoms with Gasteiger partial charge in [0.2, 0.25) is 5.91 Å². The second-order valence-corrected chi connectivity index (χ2v) is 8.50. The number of benzene rings is 2. The average Bonchev–Trinajstić information content (AvgIpc) is 2.81. The first-order chi connectivity index (χ1) is 16.8. The van der Waals surface area contributed by atoms with Crippen LogP contribution in [-0.2, 0) is 11.3 Å². The zero-order chi connectivity index (χ0) is 26.2. The number of nitriles is 1. The summed E-state index contributed by atoms with van der Waals surface area (Å²) in [4.78, 5) is 17.1. The van der Waals surface area contributed by atoms with Gasteiger partial charge in [0.05, 0.1) is 12.7 Å². The van der Waals surface area contributed by atoms with Crippen LogP contribution in [0.1, 0.15) is 37.5 Å². The molecular weight excluding hydrogens is 458 g/mol. The molecule has 2 aromatic rings. The number of nitrogens with two attached hydrogens (primary N) is 1. The summed E-state index contributed by atoms with van der Waals surface area (Å²) in [5.74, 6) is 2.28. The fourth-order valence-corrected chi connectivity index (χ4v) is 3.82. The Morgan fingerprint density at radius 1 is 1.26 bits per heavy atom. The van der Waals surface area contributed by atoms with Gasteiger partial charge < -0.3 is 16.0 Å². The SMILES string of the molecule is C#CC.CC#N.Cc1ccc(CN2CCN(C(=O)/C=C/c3ccc(Cl)cc3NCN)[C@H](C)C2)cc1. The molecule has 1 heterocycles. The van der Waals surface area contributed by atoms with Gasteiger partial charge in [0.1, 0.15) is 0 Å². The molecule has 0 saturated carbocycles. The minimum Gasteiger partial charge on any atom is -0.372 e. The van der Waals surface area contributed by atoms with Crippen LogP contribution in [0, 0.1) is 30.6 Å². The first-order valence-electron chi connectivity index (χ1n) is 11.5. The maximum atomic E-state index is 12.8. The van der Waals surface area contributed by atoms with Crippen LogP contribution in [0.3, 0.4) is 0 Å². The number of amides is 1. The highest BCUT2D eigenvalue weighted by Crippen LogP contribution is 2.22. The highest BCUT2D eigenvalue weighted by atomic mass is 35.5. The number of carbonyl (C=O) groups is 1. The highest BCUT2D eigenvalue weighted by Gasteiger charge is 2.26. The van der Waals surface area contributed by atoms with Crippen LogP contribution in [-0.4, -0.2) is 48.1 Å². The van der Waals surface area contributed by atoms with Gasteiger partial charge in [0.15, 0.2) is 0 Å². The number of rotatable bonds is 6. The van der Waals surface area contributed by atoms with Gasteiger partial charge >= 0.3 is 0 Å². The summed E-state index contributed by atoms with van der Waals surface area (Å²) in [6.45, 7) is 11.0. The number of hydrogen-bond donors (Lipinski definition) is 2. The third kappa shape index (κ3) is 10.7. The molecule has 3 rings (SSSR count). The lowest BCUT2D eigenvalue weighted by atomic mass is 10.1. The minimum absolute atomic E-state index is 0.0288. The molecule has 0 unspecified atom stereocenters. The standard InChI is InChI=1S/C23H29ClN4O.C3H4.C2H3N/c1-17-3-5-19(6-4-17)15-27-11-12-28(18(2)14-27)23(29)10-8-20-7-9-21(24)13-22(20)26-16-25;1-3-2;1-2-3/h3-10,13,18,26H,11-12,14-16,25H2,1-2H3;1H,2H3;1H3/b10-8+;;/t18-;;/m1../s1. The molecule has 0 spiro atoms. The van der Waals surface area contributed by atoms with E-state index in [1.807, 2.05) is 23.1 Å². The van der Waals surface area contributed by atoms with Crippen molar-refractivity contribution in [2.45, 2.75) is 40.3 Å². The smallest absolute Gasteiger partial charge is 0.246 e. The lowest BCUT2D eigenvalue weighted by molar-refractivity contribution is -0.130. The third-order valence-corrected chi connectivity index (χ3v) is 5.47. The molecule has 1 atom stereocenters. The van der Waals surface area contributed by atoms with E-state index in [4.69, 9.17) is 22.6 Å². The predicted molar refractivity (Wildman–Crippen MR) is 147 cm³/mol. The van der Waals surface area contributed by atoms with Crippen LogP contribution in [0.2, 0.25) is 5.02 Å². The Morgan fingerprint density at radius 3 is 2.46 bits per heavy atom. The number of nitrogens with one attached hydrogen (secondary N) is 1. The Balaban J connectivity index is 0.000000926. The van der Waals surface area contributed by atoms with E-state index < -0.39 is 0 Å². The molecule has 1 fully saturated rings. The second kappa shape index (κ2) is 16.4. The number of aryl methyl sites for hydroxylation is 1. The summed E-state index contributed by atoms with van der Waals surface area (Å²) in [6.07, 6.45) is 8.05. The number of terminal acetylenes is 1.